The van der Waals surface area contributed by atoms with Crippen LogP contribution in [0.4, 0.5) is 4.39 Å². The molecular formula is C37H40FN3O2S. The summed E-state index contributed by atoms with van der Waals surface area (Å²) in [6.07, 6.45) is 8.93. The Morgan fingerprint density at radius 2 is 1.64 bits per heavy atom. The zero-order valence-corrected chi connectivity index (χ0v) is 26.3. The van der Waals surface area contributed by atoms with Crippen LogP contribution in [-0.4, -0.2) is 53.2 Å². The first-order valence-electron chi connectivity index (χ1n) is 15.8. The maximum atomic E-state index is 15.3. The summed E-state index contributed by atoms with van der Waals surface area (Å²) in [6, 6.07) is 21.6. The number of aromatic hydroxyl groups is 1. The van der Waals surface area contributed by atoms with Crippen LogP contribution in [0.1, 0.15) is 55.2 Å². The fourth-order valence-electron chi connectivity index (χ4n) is 8.47. The van der Waals surface area contributed by atoms with Gasteiger partial charge in [0.05, 0.1) is 4.91 Å². The average Bonchev–Trinajstić information content (AvgIpc) is 3.35. The van der Waals surface area contributed by atoms with Gasteiger partial charge in [0, 0.05) is 25.2 Å². The van der Waals surface area contributed by atoms with Crippen LogP contribution in [0.25, 0.3) is 17.2 Å². The first-order valence-corrected chi connectivity index (χ1v) is 16.7. The molecule has 3 aromatic rings. The first kappa shape index (κ1) is 29.3. The summed E-state index contributed by atoms with van der Waals surface area (Å²) in [5.74, 6) is 1.14. The van der Waals surface area contributed by atoms with E-state index in [0.717, 1.165) is 54.6 Å². The lowest BCUT2D eigenvalue weighted by atomic mass is 9.48. The van der Waals surface area contributed by atoms with Gasteiger partial charge in [-0.1, -0.05) is 48.5 Å². The highest BCUT2D eigenvalue weighted by Crippen LogP contribution is 2.62. The Bertz CT molecular complexity index is 1600. The number of phenols is 1. The summed E-state index contributed by atoms with van der Waals surface area (Å²) in [5, 5.41) is 11.7. The molecule has 3 aromatic carbocycles. The number of amides is 1. The lowest BCUT2D eigenvalue weighted by Gasteiger charge is -2.57. The van der Waals surface area contributed by atoms with E-state index in [1.54, 1.807) is 0 Å². The second-order valence-corrected chi connectivity index (χ2v) is 14.7. The SMILES string of the molecule is CN(C)CCN(Cc1ccccc1)C1=NC(=O)/C(=C/c2cccc(-c3cc(F)c(O)c(C45CC6CC(CC(C6)C4)C5)c3)c2)S1. The molecule has 228 valence electrons. The van der Waals surface area contributed by atoms with Crippen LogP contribution in [0, 0.1) is 23.6 Å². The van der Waals surface area contributed by atoms with E-state index in [4.69, 9.17) is 0 Å². The highest BCUT2D eigenvalue weighted by Gasteiger charge is 2.52. The molecule has 5 aliphatic rings. The minimum Gasteiger partial charge on any atom is -0.505 e. The molecule has 0 radical (unpaired) electrons. The molecule has 1 amide bonds. The summed E-state index contributed by atoms with van der Waals surface area (Å²) in [6.45, 7) is 2.27. The van der Waals surface area contributed by atoms with E-state index in [9.17, 15) is 9.90 Å². The van der Waals surface area contributed by atoms with Gasteiger partial charge in [0.2, 0.25) is 0 Å². The Morgan fingerprint density at radius 3 is 2.32 bits per heavy atom. The van der Waals surface area contributed by atoms with Crippen LogP contribution in [0.5, 0.6) is 5.75 Å². The molecule has 0 saturated heterocycles. The number of carbonyl (C=O) groups excluding carboxylic acids is 1. The van der Waals surface area contributed by atoms with E-state index in [-0.39, 0.29) is 17.1 Å². The predicted octanol–water partition coefficient (Wildman–Crippen LogP) is 7.70. The van der Waals surface area contributed by atoms with Gasteiger partial charge >= 0.3 is 0 Å². The number of rotatable bonds is 8. The van der Waals surface area contributed by atoms with Crippen molar-refractivity contribution in [3.05, 3.63) is 94.1 Å². The molecule has 1 heterocycles. The molecule has 4 saturated carbocycles. The van der Waals surface area contributed by atoms with Crippen LogP contribution >= 0.6 is 11.8 Å². The summed E-state index contributed by atoms with van der Waals surface area (Å²) in [4.78, 5) is 22.4. The topological polar surface area (TPSA) is 56.1 Å². The molecule has 1 N–H and O–H groups in total. The normalized spacial score (nSPS) is 26.5. The third-order valence-electron chi connectivity index (χ3n) is 10.1. The number of amidine groups is 1. The molecule has 5 nitrogen and oxygen atoms in total. The Balaban J connectivity index is 1.14. The molecule has 1 aliphatic heterocycles. The second kappa shape index (κ2) is 11.8. The molecule has 4 fully saturated rings. The van der Waals surface area contributed by atoms with Crippen molar-refractivity contribution in [1.29, 1.82) is 0 Å². The van der Waals surface area contributed by atoms with Gasteiger partial charge in [-0.25, -0.2) is 4.39 Å². The van der Waals surface area contributed by atoms with Gasteiger partial charge in [-0.15, -0.1) is 0 Å². The zero-order valence-electron chi connectivity index (χ0n) is 25.5. The fourth-order valence-corrected chi connectivity index (χ4v) is 9.41. The van der Waals surface area contributed by atoms with Crippen molar-refractivity contribution in [2.24, 2.45) is 22.7 Å². The summed E-state index contributed by atoms with van der Waals surface area (Å²) in [7, 11) is 4.08. The van der Waals surface area contributed by atoms with Gasteiger partial charge < -0.3 is 14.9 Å². The van der Waals surface area contributed by atoms with Gasteiger partial charge in [-0.05, 0) is 134 Å². The van der Waals surface area contributed by atoms with Crippen LogP contribution in [0.3, 0.4) is 0 Å². The maximum absolute atomic E-state index is 15.3. The van der Waals surface area contributed by atoms with Crippen molar-refractivity contribution in [3.8, 4) is 16.9 Å². The van der Waals surface area contributed by atoms with Gasteiger partial charge in [0.1, 0.15) is 0 Å². The van der Waals surface area contributed by atoms with Gasteiger partial charge in [0.15, 0.2) is 16.7 Å². The molecule has 4 bridgehead atoms. The van der Waals surface area contributed by atoms with Crippen molar-refractivity contribution in [2.75, 3.05) is 27.2 Å². The minimum absolute atomic E-state index is 0.117. The third kappa shape index (κ3) is 5.84. The number of nitrogens with zero attached hydrogens (tertiary/aromatic N) is 3. The molecule has 0 unspecified atom stereocenters. The number of likely N-dealkylation sites (N-methyl/N-ethyl adjacent to an activating group) is 1. The molecule has 44 heavy (non-hydrogen) atoms. The van der Waals surface area contributed by atoms with Gasteiger partial charge in [-0.2, -0.15) is 4.99 Å². The Morgan fingerprint density at radius 1 is 0.932 bits per heavy atom. The minimum atomic E-state index is -0.548. The van der Waals surface area contributed by atoms with Crippen LogP contribution < -0.4 is 0 Å². The van der Waals surface area contributed by atoms with E-state index in [1.807, 2.05) is 68.7 Å². The number of benzene rings is 3. The molecule has 0 spiro atoms. The molecule has 7 heteroatoms. The quantitative estimate of drug-likeness (QED) is 0.265. The van der Waals surface area contributed by atoms with Crippen LogP contribution in [0.15, 0.2) is 76.6 Å². The molecule has 8 rings (SSSR count). The highest BCUT2D eigenvalue weighted by atomic mass is 32.2. The maximum Gasteiger partial charge on any atom is 0.286 e. The van der Waals surface area contributed by atoms with E-state index in [1.165, 1.54) is 42.7 Å². The van der Waals surface area contributed by atoms with Crippen molar-refractivity contribution >= 4 is 28.9 Å². The zero-order chi connectivity index (χ0) is 30.4. The van der Waals surface area contributed by atoms with Crippen molar-refractivity contribution in [2.45, 2.75) is 50.5 Å². The number of aliphatic imine (C=N–C) groups is 1. The monoisotopic (exact) mass is 609 g/mol. The lowest BCUT2D eigenvalue weighted by Crippen LogP contribution is -2.48. The first-order chi connectivity index (χ1) is 21.2. The smallest absolute Gasteiger partial charge is 0.286 e. The standard InChI is InChI=1S/C37H40FN3O2S/c1-40(2)11-12-41(23-24-7-4-3-5-8-24)36-39-35(43)33(44-36)17-25-9-6-10-29(16-25)30-18-31(34(42)32(38)19-30)37-20-26-13-27(21-37)15-28(14-26)22-37/h3-10,16-19,26-28,42H,11-15,20-23H2,1-2H3/b33-17-. The second-order valence-electron chi connectivity index (χ2n) is 13.7. The number of phenolic OH excluding ortho intramolecular Hbond substituents is 1. The van der Waals surface area contributed by atoms with Crippen molar-refractivity contribution < 1.29 is 14.3 Å². The van der Waals surface area contributed by atoms with E-state index in [0.29, 0.717) is 34.4 Å². The van der Waals surface area contributed by atoms with Crippen LogP contribution in [-0.2, 0) is 16.8 Å². The van der Waals surface area contributed by atoms with E-state index >= 15 is 4.39 Å². The van der Waals surface area contributed by atoms with Gasteiger partial charge in [0.25, 0.3) is 5.91 Å². The number of halogens is 1. The molecular weight excluding hydrogens is 569 g/mol. The number of thioether (sulfide) groups is 1. The Kier molecular flexibility index (Phi) is 7.87. The Hall–Kier alpha value is -3.42. The number of hydrogen-bond donors (Lipinski definition) is 1. The Labute approximate surface area is 263 Å². The highest BCUT2D eigenvalue weighted by molar-refractivity contribution is 8.18. The third-order valence-corrected chi connectivity index (χ3v) is 11.1. The van der Waals surface area contributed by atoms with Crippen molar-refractivity contribution in [1.82, 2.24) is 9.80 Å². The average molecular weight is 610 g/mol. The summed E-state index contributed by atoms with van der Waals surface area (Å²) < 4.78 is 15.3. The van der Waals surface area contributed by atoms with Crippen LogP contribution in [0.2, 0.25) is 0 Å². The molecule has 4 aliphatic carbocycles. The summed E-state index contributed by atoms with van der Waals surface area (Å²) >= 11 is 1.41. The lowest BCUT2D eigenvalue weighted by molar-refractivity contribution is -0.113. The molecule has 0 atom stereocenters. The number of hydrogen-bond acceptors (Lipinski definition) is 5. The predicted molar refractivity (Wildman–Crippen MR) is 177 cm³/mol. The largest absolute Gasteiger partial charge is 0.505 e. The summed E-state index contributed by atoms with van der Waals surface area (Å²) in [5.41, 5.74) is 4.35. The van der Waals surface area contributed by atoms with E-state index in [2.05, 4.69) is 26.9 Å². The fraction of sp³-hybridized carbons (Fsp3) is 0.405. The van der Waals surface area contributed by atoms with Gasteiger partial charge in [-0.3, -0.25) is 4.79 Å². The number of carbonyl (C=O) groups is 1. The molecule has 0 aromatic heterocycles. The van der Waals surface area contributed by atoms with Crippen molar-refractivity contribution in [3.63, 3.8) is 0 Å². The van der Waals surface area contributed by atoms with E-state index < -0.39 is 5.82 Å².